The molecule has 2 saturated carbocycles. The molecule has 8 nitrogen and oxygen atoms in total. The van der Waals surface area contributed by atoms with Gasteiger partial charge < -0.3 is 14.8 Å². The Morgan fingerprint density at radius 1 is 0.941 bits per heavy atom. The Bertz CT molecular complexity index is 1220. The fraction of sp³-hybridized carbons (Fsp3) is 0.583. The average molecular weight is 475 g/mol. The number of benzene rings is 1. The van der Waals surface area contributed by atoms with Crippen molar-refractivity contribution in [1.29, 1.82) is 0 Å². The molecule has 1 N–H and O–H groups in total. The number of aromatic nitrogens is 2. The number of halogens is 2. The lowest BCUT2D eigenvalue weighted by Crippen LogP contribution is -2.52. The fourth-order valence-electron chi connectivity index (χ4n) is 5.32. The third kappa shape index (κ3) is 4.25. The second-order valence-electron chi connectivity index (χ2n) is 9.78. The summed E-state index contributed by atoms with van der Waals surface area (Å²) in [4.78, 5) is 56.3. The maximum absolute atomic E-state index is 13.2. The lowest BCUT2D eigenvalue weighted by Gasteiger charge is -2.38. The highest BCUT2D eigenvalue weighted by molar-refractivity contribution is 5.84. The van der Waals surface area contributed by atoms with E-state index < -0.39 is 23.4 Å². The molecule has 3 aliphatic rings. The summed E-state index contributed by atoms with van der Waals surface area (Å²) >= 11 is 0. The summed E-state index contributed by atoms with van der Waals surface area (Å²) in [7, 11) is 0. The van der Waals surface area contributed by atoms with Crippen molar-refractivity contribution in [2.75, 3.05) is 26.2 Å². The smallest absolute Gasteiger partial charge is 0.328 e. The topological polar surface area (TPSA) is 95.5 Å². The van der Waals surface area contributed by atoms with Gasteiger partial charge in [-0.3, -0.25) is 19.0 Å². The van der Waals surface area contributed by atoms with Crippen molar-refractivity contribution < 1.29 is 18.4 Å². The van der Waals surface area contributed by atoms with E-state index in [0.29, 0.717) is 56.5 Å². The molecule has 0 spiro atoms. The minimum absolute atomic E-state index is 0.0445. The highest BCUT2D eigenvalue weighted by Gasteiger charge is 2.62. The molecule has 2 aromatic rings. The SMILES string of the molecule is O=C(C1CC1(F)F)N1CCN(C(=O)[C@H]2CC[C@H](Cn3c(=O)[nH]c4ccccc4c3=O)CC2)CC1. The number of nitrogens with one attached hydrogen (secondary N) is 1. The Morgan fingerprint density at radius 3 is 2.15 bits per heavy atom. The van der Waals surface area contributed by atoms with Crippen LogP contribution in [0.5, 0.6) is 0 Å². The first-order valence-corrected chi connectivity index (χ1v) is 11.9. The molecule has 2 aliphatic carbocycles. The van der Waals surface area contributed by atoms with Crippen LogP contribution in [-0.2, 0) is 16.1 Å². The largest absolute Gasteiger partial charge is 0.339 e. The molecule has 1 aromatic carbocycles. The van der Waals surface area contributed by atoms with Crippen LogP contribution in [-0.4, -0.2) is 63.3 Å². The third-order valence-electron chi connectivity index (χ3n) is 7.55. The Labute approximate surface area is 194 Å². The van der Waals surface area contributed by atoms with Crippen LogP contribution < -0.4 is 11.2 Å². The van der Waals surface area contributed by atoms with Gasteiger partial charge in [-0.1, -0.05) is 12.1 Å². The molecule has 1 atom stereocenters. The number of alkyl halides is 2. The van der Waals surface area contributed by atoms with E-state index in [-0.39, 0.29) is 29.7 Å². The number of hydrogen-bond acceptors (Lipinski definition) is 4. The number of carbonyl (C=O) groups excluding carboxylic acids is 2. The molecule has 0 bridgehead atoms. The van der Waals surface area contributed by atoms with Crippen LogP contribution in [0.1, 0.15) is 32.1 Å². The first-order chi connectivity index (χ1) is 16.2. The van der Waals surface area contributed by atoms with Crippen LogP contribution in [0, 0.1) is 17.8 Å². The lowest BCUT2D eigenvalue weighted by molar-refractivity contribution is -0.144. The highest BCUT2D eigenvalue weighted by atomic mass is 19.3. The molecule has 2 heterocycles. The fourth-order valence-corrected chi connectivity index (χ4v) is 5.32. The predicted molar refractivity (Wildman–Crippen MR) is 120 cm³/mol. The van der Waals surface area contributed by atoms with Crippen molar-refractivity contribution in [3.63, 3.8) is 0 Å². The normalized spacial score (nSPS) is 26.5. The van der Waals surface area contributed by atoms with Crippen molar-refractivity contribution in [2.45, 2.75) is 44.6 Å². The number of para-hydroxylation sites is 1. The molecule has 10 heteroatoms. The van der Waals surface area contributed by atoms with Crippen molar-refractivity contribution >= 4 is 22.7 Å². The van der Waals surface area contributed by atoms with Crippen molar-refractivity contribution in [3.05, 3.63) is 45.1 Å². The van der Waals surface area contributed by atoms with Gasteiger partial charge in [0, 0.05) is 45.1 Å². The summed E-state index contributed by atoms with van der Waals surface area (Å²) < 4.78 is 27.6. The number of rotatable bonds is 4. The Kier molecular flexibility index (Phi) is 5.77. The number of piperazine rings is 1. The van der Waals surface area contributed by atoms with Gasteiger partial charge >= 0.3 is 5.69 Å². The van der Waals surface area contributed by atoms with E-state index in [1.807, 2.05) is 0 Å². The average Bonchev–Trinajstić information content (AvgIpc) is 3.49. The molecule has 34 heavy (non-hydrogen) atoms. The molecular formula is C24H28F2N4O4. The number of hydrogen-bond donors (Lipinski definition) is 1. The van der Waals surface area contributed by atoms with Gasteiger partial charge in [-0.15, -0.1) is 0 Å². The summed E-state index contributed by atoms with van der Waals surface area (Å²) in [6, 6.07) is 6.93. The molecule has 1 saturated heterocycles. The van der Waals surface area contributed by atoms with Gasteiger partial charge in [-0.05, 0) is 43.7 Å². The number of carbonyl (C=O) groups is 2. The summed E-state index contributed by atoms with van der Waals surface area (Å²) in [6.45, 7) is 1.64. The van der Waals surface area contributed by atoms with E-state index in [9.17, 15) is 28.0 Å². The molecular weight excluding hydrogens is 446 g/mol. The van der Waals surface area contributed by atoms with Crippen LogP contribution in [0.3, 0.4) is 0 Å². The van der Waals surface area contributed by atoms with Gasteiger partial charge in [0.05, 0.1) is 10.9 Å². The van der Waals surface area contributed by atoms with E-state index in [2.05, 4.69) is 4.98 Å². The zero-order chi connectivity index (χ0) is 24.0. The summed E-state index contributed by atoms with van der Waals surface area (Å²) in [5, 5.41) is 0.481. The van der Waals surface area contributed by atoms with Crippen LogP contribution in [0.15, 0.2) is 33.9 Å². The number of amides is 2. The van der Waals surface area contributed by atoms with E-state index in [0.717, 1.165) is 12.8 Å². The molecule has 0 radical (unpaired) electrons. The first kappa shape index (κ1) is 22.7. The van der Waals surface area contributed by atoms with Gasteiger partial charge in [0.1, 0.15) is 5.92 Å². The van der Waals surface area contributed by atoms with E-state index in [1.165, 1.54) is 9.47 Å². The first-order valence-electron chi connectivity index (χ1n) is 11.9. The molecule has 1 unspecified atom stereocenters. The van der Waals surface area contributed by atoms with Crippen molar-refractivity contribution in [3.8, 4) is 0 Å². The summed E-state index contributed by atoms with van der Waals surface area (Å²) in [5.74, 6) is -4.51. The number of aromatic amines is 1. The van der Waals surface area contributed by atoms with Crippen molar-refractivity contribution in [2.24, 2.45) is 17.8 Å². The van der Waals surface area contributed by atoms with Crippen LogP contribution >= 0.6 is 0 Å². The number of nitrogens with zero attached hydrogens (tertiary/aromatic N) is 3. The predicted octanol–water partition coefficient (Wildman–Crippen LogP) is 1.82. The Balaban J connectivity index is 1.14. The van der Waals surface area contributed by atoms with Crippen molar-refractivity contribution in [1.82, 2.24) is 19.4 Å². The number of fused-ring (bicyclic) bond motifs is 1. The highest BCUT2D eigenvalue weighted by Crippen LogP contribution is 2.49. The minimum atomic E-state index is -2.87. The minimum Gasteiger partial charge on any atom is -0.339 e. The van der Waals surface area contributed by atoms with E-state index in [1.54, 1.807) is 29.2 Å². The van der Waals surface area contributed by atoms with Gasteiger partial charge in [-0.25, -0.2) is 13.6 Å². The number of H-pyrrole nitrogens is 1. The molecule has 5 rings (SSSR count). The standard InChI is InChI=1S/C24H28F2N4O4/c25-24(26)13-18(24)22(33)29-11-9-28(10-12-29)20(31)16-7-5-15(6-8-16)14-30-21(32)17-3-1-2-4-19(17)27-23(30)34/h1-4,15-16,18H,5-14H2,(H,27,34)/t15-,16-,18?. The monoisotopic (exact) mass is 474 g/mol. The van der Waals surface area contributed by atoms with Crippen LogP contribution in [0.25, 0.3) is 10.9 Å². The maximum atomic E-state index is 13.2. The molecule has 2 amide bonds. The Morgan fingerprint density at radius 2 is 1.53 bits per heavy atom. The van der Waals surface area contributed by atoms with E-state index in [4.69, 9.17) is 0 Å². The summed E-state index contributed by atoms with van der Waals surface area (Å²) in [5.41, 5.74) is -0.192. The summed E-state index contributed by atoms with van der Waals surface area (Å²) in [6.07, 6.45) is 2.47. The van der Waals surface area contributed by atoms with Gasteiger partial charge in [0.25, 0.3) is 11.5 Å². The second-order valence-corrected chi connectivity index (χ2v) is 9.78. The Hall–Kier alpha value is -3.04. The molecule has 3 fully saturated rings. The van der Waals surface area contributed by atoms with Crippen LogP contribution in [0.2, 0.25) is 0 Å². The molecule has 1 aromatic heterocycles. The van der Waals surface area contributed by atoms with Gasteiger partial charge in [0.2, 0.25) is 11.8 Å². The zero-order valence-corrected chi connectivity index (χ0v) is 18.8. The third-order valence-corrected chi connectivity index (χ3v) is 7.55. The lowest BCUT2D eigenvalue weighted by atomic mass is 9.81. The molecule has 1 aliphatic heterocycles. The van der Waals surface area contributed by atoms with Gasteiger partial charge in [-0.2, -0.15) is 0 Å². The van der Waals surface area contributed by atoms with Gasteiger partial charge in [0.15, 0.2) is 0 Å². The van der Waals surface area contributed by atoms with E-state index >= 15 is 0 Å². The molecule has 182 valence electrons. The quantitative estimate of drug-likeness (QED) is 0.731. The van der Waals surface area contributed by atoms with Crippen LogP contribution in [0.4, 0.5) is 8.78 Å². The second kappa shape index (κ2) is 8.63. The maximum Gasteiger partial charge on any atom is 0.328 e. The zero-order valence-electron chi connectivity index (χ0n) is 18.8.